The van der Waals surface area contributed by atoms with E-state index in [4.69, 9.17) is 20.2 Å². The minimum Gasteiger partial charge on any atom is -0.384 e. The predicted molar refractivity (Wildman–Crippen MR) is 95.6 cm³/mol. The summed E-state index contributed by atoms with van der Waals surface area (Å²) in [7, 11) is 0. The summed E-state index contributed by atoms with van der Waals surface area (Å²) in [4.78, 5) is 6.84. The average Bonchev–Trinajstić information content (AvgIpc) is 3.13. The SMILES string of the molecule is C[C@@H]1COCCN1c1cc(C#CCO)c(C=N)c(Nc2ccn[nH]2)n1. The summed E-state index contributed by atoms with van der Waals surface area (Å²) in [6, 6.07) is 3.81. The zero-order chi connectivity index (χ0) is 17.6. The molecular weight excluding hydrogens is 320 g/mol. The summed E-state index contributed by atoms with van der Waals surface area (Å²) in [6.07, 6.45) is 2.84. The second kappa shape index (κ2) is 7.79. The summed E-state index contributed by atoms with van der Waals surface area (Å²) < 4.78 is 5.49. The fourth-order valence-corrected chi connectivity index (χ4v) is 2.69. The van der Waals surface area contributed by atoms with Gasteiger partial charge in [0.1, 0.15) is 24.1 Å². The van der Waals surface area contributed by atoms with Crippen molar-refractivity contribution in [1.29, 1.82) is 5.41 Å². The molecule has 25 heavy (non-hydrogen) atoms. The monoisotopic (exact) mass is 340 g/mol. The van der Waals surface area contributed by atoms with Crippen LogP contribution in [0.2, 0.25) is 0 Å². The van der Waals surface area contributed by atoms with Crippen LogP contribution in [0, 0.1) is 17.3 Å². The molecule has 1 aliphatic heterocycles. The number of hydrogen-bond donors (Lipinski definition) is 4. The zero-order valence-corrected chi connectivity index (χ0v) is 13.9. The van der Waals surface area contributed by atoms with E-state index < -0.39 is 0 Å². The molecule has 3 heterocycles. The molecular formula is C17H20N6O2. The minimum absolute atomic E-state index is 0.186. The molecule has 8 nitrogen and oxygen atoms in total. The predicted octanol–water partition coefficient (Wildman–Crippen LogP) is 1.11. The third-order valence-electron chi connectivity index (χ3n) is 3.91. The number of aliphatic hydroxyl groups excluding tert-OH is 1. The van der Waals surface area contributed by atoms with E-state index in [0.717, 1.165) is 12.4 Å². The first-order chi connectivity index (χ1) is 12.2. The van der Waals surface area contributed by atoms with Gasteiger partial charge in [-0.1, -0.05) is 11.8 Å². The van der Waals surface area contributed by atoms with Gasteiger partial charge in [0, 0.05) is 24.4 Å². The number of aromatic nitrogens is 3. The number of anilines is 3. The molecule has 0 unspecified atom stereocenters. The first kappa shape index (κ1) is 17.0. The summed E-state index contributed by atoms with van der Waals surface area (Å²) >= 11 is 0. The lowest BCUT2D eigenvalue weighted by atomic mass is 10.1. The lowest BCUT2D eigenvalue weighted by molar-refractivity contribution is 0.0985. The topological polar surface area (TPSA) is 110 Å². The van der Waals surface area contributed by atoms with Crippen molar-refractivity contribution in [3.63, 3.8) is 0 Å². The van der Waals surface area contributed by atoms with Crippen LogP contribution in [-0.4, -0.2) is 58.9 Å². The highest BCUT2D eigenvalue weighted by atomic mass is 16.5. The molecule has 4 N–H and O–H groups in total. The second-order valence-corrected chi connectivity index (χ2v) is 5.61. The van der Waals surface area contributed by atoms with Gasteiger partial charge in [-0.2, -0.15) is 5.10 Å². The van der Waals surface area contributed by atoms with Gasteiger partial charge in [0.2, 0.25) is 0 Å². The quantitative estimate of drug-likeness (QED) is 0.490. The van der Waals surface area contributed by atoms with E-state index in [1.165, 1.54) is 6.21 Å². The summed E-state index contributed by atoms with van der Waals surface area (Å²) in [6.45, 7) is 3.83. The van der Waals surface area contributed by atoms with Gasteiger partial charge in [0.15, 0.2) is 0 Å². The van der Waals surface area contributed by atoms with Crippen LogP contribution >= 0.6 is 0 Å². The Kier molecular flexibility index (Phi) is 5.28. The van der Waals surface area contributed by atoms with Gasteiger partial charge in [-0.15, -0.1) is 0 Å². The number of H-pyrrole nitrogens is 1. The molecule has 0 radical (unpaired) electrons. The third kappa shape index (κ3) is 3.79. The molecule has 130 valence electrons. The van der Waals surface area contributed by atoms with Crippen LogP contribution in [0.4, 0.5) is 17.5 Å². The summed E-state index contributed by atoms with van der Waals surface area (Å²) in [5.41, 5.74) is 1.19. The second-order valence-electron chi connectivity index (χ2n) is 5.61. The first-order valence-electron chi connectivity index (χ1n) is 7.99. The standard InChI is InChI=1S/C17H20N6O2/c1-12-11-25-8-6-23(12)16-9-13(3-2-7-24)14(10-18)17(21-16)20-15-4-5-19-22-15/h4-5,9-10,12,18,24H,6-8,11H2,1H3,(H2,19,20,21,22)/t12-/m1/s1. The Labute approximate surface area is 145 Å². The Morgan fingerprint density at radius 2 is 2.48 bits per heavy atom. The van der Waals surface area contributed by atoms with Gasteiger partial charge >= 0.3 is 0 Å². The average molecular weight is 340 g/mol. The molecule has 1 aliphatic rings. The Balaban J connectivity index is 2.07. The van der Waals surface area contributed by atoms with E-state index in [1.54, 1.807) is 12.3 Å². The van der Waals surface area contributed by atoms with Crippen molar-refractivity contribution >= 4 is 23.7 Å². The van der Waals surface area contributed by atoms with Crippen molar-refractivity contribution in [2.45, 2.75) is 13.0 Å². The number of nitrogens with zero attached hydrogens (tertiary/aromatic N) is 3. The Morgan fingerprint density at radius 1 is 1.60 bits per heavy atom. The fourth-order valence-electron chi connectivity index (χ4n) is 2.69. The molecule has 0 aromatic carbocycles. The van der Waals surface area contributed by atoms with E-state index >= 15 is 0 Å². The molecule has 8 heteroatoms. The van der Waals surface area contributed by atoms with Gasteiger partial charge in [-0.25, -0.2) is 4.98 Å². The van der Waals surface area contributed by atoms with Crippen molar-refractivity contribution in [2.75, 3.05) is 36.6 Å². The fraction of sp³-hybridized carbons (Fsp3) is 0.353. The highest BCUT2D eigenvalue weighted by Gasteiger charge is 2.22. The van der Waals surface area contributed by atoms with E-state index in [9.17, 15) is 0 Å². The maximum Gasteiger partial charge on any atom is 0.144 e. The number of hydrogen-bond acceptors (Lipinski definition) is 7. The van der Waals surface area contributed by atoms with Crippen molar-refractivity contribution in [3.05, 3.63) is 29.5 Å². The lowest BCUT2D eigenvalue weighted by Gasteiger charge is -2.34. The number of nitrogens with one attached hydrogen (secondary N) is 3. The number of aromatic amines is 1. The van der Waals surface area contributed by atoms with Crippen molar-refractivity contribution in [2.24, 2.45) is 0 Å². The molecule has 0 bridgehead atoms. The maximum absolute atomic E-state index is 9.03. The van der Waals surface area contributed by atoms with Crippen molar-refractivity contribution in [3.8, 4) is 11.8 Å². The van der Waals surface area contributed by atoms with Gasteiger partial charge in [-0.05, 0) is 13.0 Å². The summed E-state index contributed by atoms with van der Waals surface area (Å²) in [5.74, 6) is 7.50. The van der Waals surface area contributed by atoms with E-state index in [0.29, 0.717) is 36.0 Å². The normalized spacial score (nSPS) is 16.9. The van der Waals surface area contributed by atoms with Crippen LogP contribution in [0.3, 0.4) is 0 Å². The number of pyridine rings is 1. The number of morpholine rings is 1. The van der Waals surface area contributed by atoms with Crippen molar-refractivity contribution in [1.82, 2.24) is 15.2 Å². The largest absolute Gasteiger partial charge is 0.384 e. The molecule has 1 saturated heterocycles. The number of ether oxygens (including phenoxy) is 1. The highest BCUT2D eigenvalue weighted by molar-refractivity contribution is 5.90. The first-order valence-corrected chi connectivity index (χ1v) is 7.99. The molecule has 0 spiro atoms. The Hall–Kier alpha value is -2.89. The molecule has 0 amide bonds. The molecule has 0 saturated carbocycles. The smallest absolute Gasteiger partial charge is 0.144 e. The van der Waals surface area contributed by atoms with Crippen LogP contribution in [0.25, 0.3) is 0 Å². The maximum atomic E-state index is 9.03. The molecule has 3 rings (SSSR count). The minimum atomic E-state index is -0.244. The van der Waals surface area contributed by atoms with Crippen LogP contribution in [0.15, 0.2) is 18.3 Å². The molecule has 1 atom stereocenters. The van der Waals surface area contributed by atoms with E-state index in [-0.39, 0.29) is 12.6 Å². The number of rotatable bonds is 4. The van der Waals surface area contributed by atoms with E-state index in [2.05, 4.69) is 39.2 Å². The van der Waals surface area contributed by atoms with Crippen LogP contribution < -0.4 is 10.2 Å². The van der Waals surface area contributed by atoms with Gasteiger partial charge in [-0.3, -0.25) is 5.10 Å². The molecule has 1 fully saturated rings. The van der Waals surface area contributed by atoms with Gasteiger partial charge < -0.3 is 25.5 Å². The molecule has 2 aromatic rings. The van der Waals surface area contributed by atoms with E-state index in [1.807, 2.05) is 6.07 Å². The Bertz CT molecular complexity index is 793. The zero-order valence-electron chi connectivity index (χ0n) is 13.9. The van der Waals surface area contributed by atoms with Gasteiger partial charge in [0.05, 0.1) is 31.0 Å². The number of aliphatic hydroxyl groups is 1. The lowest BCUT2D eigenvalue weighted by Crippen LogP contribution is -2.44. The molecule has 2 aromatic heterocycles. The van der Waals surface area contributed by atoms with Gasteiger partial charge in [0.25, 0.3) is 0 Å². The van der Waals surface area contributed by atoms with Crippen LogP contribution in [-0.2, 0) is 4.74 Å². The van der Waals surface area contributed by atoms with Crippen LogP contribution in [0.1, 0.15) is 18.1 Å². The third-order valence-corrected chi connectivity index (χ3v) is 3.91. The highest BCUT2D eigenvalue weighted by Crippen LogP contribution is 2.26. The molecule has 0 aliphatic carbocycles. The van der Waals surface area contributed by atoms with Crippen molar-refractivity contribution < 1.29 is 9.84 Å². The Morgan fingerprint density at radius 3 is 3.16 bits per heavy atom. The summed E-state index contributed by atoms with van der Waals surface area (Å²) in [5, 5.41) is 26.7. The van der Waals surface area contributed by atoms with Crippen LogP contribution in [0.5, 0.6) is 0 Å².